The van der Waals surface area contributed by atoms with E-state index in [1.165, 1.54) is 0 Å². The molecule has 5 N–H and O–H groups in total. The molecule has 0 radical (unpaired) electrons. The van der Waals surface area contributed by atoms with Crippen molar-refractivity contribution in [1.29, 1.82) is 0 Å². The number of nitrogens with zero attached hydrogens (tertiary/aromatic N) is 2. The molecule has 132 valence electrons. The molecule has 8 nitrogen and oxygen atoms in total. The number of urea groups is 1. The smallest absolute Gasteiger partial charge is 0.316 e. The molecule has 2 amide bonds. The number of hydrogen-bond acceptors (Lipinski definition) is 4. The molecule has 0 atom stereocenters. The Morgan fingerprint density at radius 1 is 1.32 bits per heavy atom. The molecule has 25 heavy (non-hydrogen) atoms. The Bertz CT molecular complexity index is 989. The predicted octanol–water partition coefficient (Wildman–Crippen LogP) is 1.56. The zero-order valence-electron chi connectivity index (χ0n) is 13.4. The van der Waals surface area contributed by atoms with Crippen LogP contribution in [0.3, 0.4) is 0 Å². The number of aromatic nitrogens is 3. The van der Waals surface area contributed by atoms with Crippen molar-refractivity contribution in [2.45, 2.75) is 18.8 Å². The van der Waals surface area contributed by atoms with E-state index in [0.717, 1.165) is 31.6 Å². The molecule has 1 aliphatic heterocycles. The minimum Gasteiger partial charge on any atom is -0.351 e. The summed E-state index contributed by atoms with van der Waals surface area (Å²) in [6.45, 7) is 1.85. The fourth-order valence-corrected chi connectivity index (χ4v) is 3.43. The van der Waals surface area contributed by atoms with E-state index in [1.54, 1.807) is 22.7 Å². The monoisotopic (exact) mass is 362 g/mol. The summed E-state index contributed by atoms with van der Waals surface area (Å²) >= 11 is 0. The first-order valence-electron chi connectivity index (χ1n) is 7.95. The normalized spacial score (nSPS) is 15.2. The van der Waals surface area contributed by atoms with Gasteiger partial charge in [-0.3, -0.25) is 4.79 Å². The zero-order chi connectivity index (χ0) is 16.7. The number of anilines is 1. The largest absolute Gasteiger partial charge is 0.351 e. The third-order valence-electron chi connectivity index (χ3n) is 4.48. The number of benzene rings is 1. The van der Waals surface area contributed by atoms with Gasteiger partial charge in [0.25, 0.3) is 5.56 Å². The highest BCUT2D eigenvalue weighted by Gasteiger charge is 2.21. The maximum Gasteiger partial charge on any atom is 0.316 e. The standard InChI is InChI=1S/C16H18N6O2.ClH/c17-16(24)19-10-2-1-3-11-14(10)15-20-13(23)8-12(22(15)21-11)9-4-6-18-7-5-9;/h1-3,8-9,18H,4-7H2,(H,20,23)(H3,17,19,24);1H. The molecule has 1 aliphatic rings. The summed E-state index contributed by atoms with van der Waals surface area (Å²) in [7, 11) is 0. The number of H-pyrrole nitrogens is 1. The average molecular weight is 363 g/mol. The van der Waals surface area contributed by atoms with Gasteiger partial charge in [-0.2, -0.15) is 5.10 Å². The lowest BCUT2D eigenvalue weighted by atomic mass is 9.94. The maximum atomic E-state index is 12.2. The van der Waals surface area contributed by atoms with Gasteiger partial charge in [-0.15, -0.1) is 12.4 Å². The molecule has 3 aromatic rings. The Kier molecular flexibility index (Phi) is 4.65. The second-order valence-corrected chi connectivity index (χ2v) is 6.03. The number of hydrogen-bond donors (Lipinski definition) is 4. The molecule has 2 aromatic heterocycles. The number of aromatic amines is 1. The molecular formula is C16H19ClN6O2. The van der Waals surface area contributed by atoms with Crippen molar-refractivity contribution in [3.05, 3.63) is 40.3 Å². The van der Waals surface area contributed by atoms with E-state index < -0.39 is 6.03 Å². The van der Waals surface area contributed by atoms with Gasteiger partial charge in [0.1, 0.15) is 5.65 Å². The van der Waals surface area contributed by atoms with Crippen LogP contribution >= 0.6 is 12.4 Å². The fraction of sp³-hybridized carbons (Fsp3) is 0.312. The molecule has 1 fully saturated rings. The lowest BCUT2D eigenvalue weighted by molar-refractivity contribution is 0.259. The summed E-state index contributed by atoms with van der Waals surface area (Å²) in [5.74, 6) is 0.276. The Balaban J connectivity index is 0.00000182. The third-order valence-corrected chi connectivity index (χ3v) is 4.48. The number of piperidine rings is 1. The number of amides is 2. The molecule has 1 saturated heterocycles. The van der Waals surface area contributed by atoms with Crippen molar-refractivity contribution in [3.63, 3.8) is 0 Å². The molecule has 3 heterocycles. The van der Waals surface area contributed by atoms with E-state index in [0.29, 0.717) is 22.2 Å². The van der Waals surface area contributed by atoms with E-state index in [4.69, 9.17) is 5.73 Å². The molecule has 9 heteroatoms. The Morgan fingerprint density at radius 2 is 2.08 bits per heavy atom. The van der Waals surface area contributed by atoms with Crippen LogP contribution in [0.15, 0.2) is 29.1 Å². The van der Waals surface area contributed by atoms with Crippen molar-refractivity contribution >= 4 is 40.7 Å². The van der Waals surface area contributed by atoms with Crippen LogP contribution in [0.25, 0.3) is 16.6 Å². The summed E-state index contributed by atoms with van der Waals surface area (Å²) in [6, 6.07) is 6.35. The second-order valence-electron chi connectivity index (χ2n) is 6.03. The van der Waals surface area contributed by atoms with Crippen LogP contribution in [0.4, 0.5) is 10.5 Å². The van der Waals surface area contributed by atoms with Crippen molar-refractivity contribution in [2.24, 2.45) is 5.73 Å². The summed E-state index contributed by atoms with van der Waals surface area (Å²) in [4.78, 5) is 26.3. The quantitative estimate of drug-likeness (QED) is 0.553. The van der Waals surface area contributed by atoms with Crippen molar-refractivity contribution in [3.8, 4) is 0 Å². The molecule has 1 aromatic carbocycles. The Morgan fingerprint density at radius 3 is 2.80 bits per heavy atom. The number of halogens is 1. The van der Waals surface area contributed by atoms with Crippen LogP contribution in [-0.4, -0.2) is 33.7 Å². The molecule has 0 aliphatic carbocycles. The van der Waals surface area contributed by atoms with Gasteiger partial charge in [-0.05, 0) is 38.1 Å². The summed E-state index contributed by atoms with van der Waals surface area (Å²) in [5, 5.41) is 11.2. The number of carbonyl (C=O) groups excluding carboxylic acids is 1. The van der Waals surface area contributed by atoms with E-state index >= 15 is 0 Å². The van der Waals surface area contributed by atoms with Crippen LogP contribution in [-0.2, 0) is 0 Å². The molecule has 0 saturated carbocycles. The number of nitrogens with two attached hydrogens (primary N) is 1. The van der Waals surface area contributed by atoms with Crippen molar-refractivity contribution in [2.75, 3.05) is 18.4 Å². The summed E-state index contributed by atoms with van der Waals surface area (Å²) in [6.07, 6.45) is 1.92. The van der Waals surface area contributed by atoms with E-state index in [9.17, 15) is 9.59 Å². The SMILES string of the molecule is Cl.NC(=O)Nc1cccc2nn3c(C4CCNCC4)cc(=O)[nH]c3c12. The van der Waals surface area contributed by atoms with Gasteiger partial charge >= 0.3 is 6.03 Å². The number of rotatable bonds is 2. The lowest BCUT2D eigenvalue weighted by Gasteiger charge is -2.23. The van der Waals surface area contributed by atoms with Crippen LogP contribution < -0.4 is 21.9 Å². The number of primary amides is 1. The Hall–Kier alpha value is -2.58. The van der Waals surface area contributed by atoms with Crippen LogP contribution in [0.2, 0.25) is 0 Å². The van der Waals surface area contributed by atoms with Gasteiger partial charge in [0.05, 0.1) is 22.3 Å². The summed E-state index contributed by atoms with van der Waals surface area (Å²) < 4.78 is 1.79. The minimum absolute atomic E-state index is 0. The topological polar surface area (TPSA) is 117 Å². The van der Waals surface area contributed by atoms with Gasteiger partial charge in [-0.1, -0.05) is 6.07 Å². The second kappa shape index (κ2) is 6.73. The average Bonchev–Trinajstić information content (AvgIpc) is 2.94. The predicted molar refractivity (Wildman–Crippen MR) is 98.6 cm³/mol. The molecule has 4 rings (SSSR count). The fourth-order valence-electron chi connectivity index (χ4n) is 3.43. The maximum absolute atomic E-state index is 12.2. The number of nitrogens with one attached hydrogen (secondary N) is 3. The molecule has 0 bridgehead atoms. The highest BCUT2D eigenvalue weighted by Crippen LogP contribution is 2.30. The van der Waals surface area contributed by atoms with E-state index in [2.05, 4.69) is 20.7 Å². The molecular weight excluding hydrogens is 344 g/mol. The van der Waals surface area contributed by atoms with Crippen LogP contribution in [0.1, 0.15) is 24.5 Å². The third kappa shape index (κ3) is 3.06. The van der Waals surface area contributed by atoms with Crippen molar-refractivity contribution in [1.82, 2.24) is 19.9 Å². The van der Waals surface area contributed by atoms with E-state index in [1.807, 2.05) is 6.07 Å². The van der Waals surface area contributed by atoms with Gasteiger partial charge in [0.15, 0.2) is 0 Å². The molecule has 0 spiro atoms. The first-order chi connectivity index (χ1) is 11.6. The van der Waals surface area contributed by atoms with Gasteiger partial charge < -0.3 is 21.4 Å². The van der Waals surface area contributed by atoms with Gasteiger partial charge in [0.2, 0.25) is 0 Å². The first kappa shape index (κ1) is 17.2. The number of fused-ring (bicyclic) bond motifs is 3. The minimum atomic E-state index is -0.654. The van der Waals surface area contributed by atoms with Gasteiger partial charge in [-0.25, -0.2) is 9.31 Å². The zero-order valence-corrected chi connectivity index (χ0v) is 14.2. The highest BCUT2D eigenvalue weighted by molar-refractivity contribution is 6.06. The summed E-state index contributed by atoms with van der Waals surface area (Å²) in [5.41, 5.74) is 7.78. The van der Waals surface area contributed by atoms with Crippen LogP contribution in [0, 0.1) is 0 Å². The Labute approximate surface area is 149 Å². The first-order valence-corrected chi connectivity index (χ1v) is 7.95. The molecule has 0 unspecified atom stereocenters. The highest BCUT2D eigenvalue weighted by atomic mass is 35.5. The van der Waals surface area contributed by atoms with Gasteiger partial charge in [0, 0.05) is 12.0 Å². The van der Waals surface area contributed by atoms with Crippen LogP contribution in [0.5, 0.6) is 0 Å². The van der Waals surface area contributed by atoms with Crippen molar-refractivity contribution < 1.29 is 4.79 Å². The van der Waals surface area contributed by atoms with E-state index in [-0.39, 0.29) is 23.9 Å². The number of carbonyl (C=O) groups is 1. The lowest BCUT2D eigenvalue weighted by Crippen LogP contribution is -2.28.